The average Bonchev–Trinajstić information content (AvgIpc) is 2.91. The van der Waals surface area contributed by atoms with Crippen molar-refractivity contribution < 1.29 is 4.79 Å². The molecule has 0 aromatic rings. The first-order valence-corrected chi connectivity index (χ1v) is 6.49. The van der Waals surface area contributed by atoms with Crippen LogP contribution in [-0.4, -0.2) is 49.1 Å². The zero-order valence-electron chi connectivity index (χ0n) is 10.2. The highest BCUT2D eigenvalue weighted by atomic mass is 16.2. The third kappa shape index (κ3) is 4.10. The Morgan fingerprint density at radius 3 is 2.69 bits per heavy atom. The molecule has 1 heterocycles. The van der Waals surface area contributed by atoms with Gasteiger partial charge in [-0.2, -0.15) is 0 Å². The highest BCUT2D eigenvalue weighted by molar-refractivity contribution is 5.78. The number of amides is 1. The number of carbonyl (C=O) groups is 1. The topological polar surface area (TPSA) is 44.4 Å². The summed E-state index contributed by atoms with van der Waals surface area (Å²) in [7, 11) is 0. The molecule has 1 atom stereocenters. The second-order valence-electron chi connectivity index (χ2n) is 5.13. The molecule has 1 unspecified atom stereocenters. The molecule has 16 heavy (non-hydrogen) atoms. The number of hydrogen-bond acceptors (Lipinski definition) is 3. The monoisotopic (exact) mass is 225 g/mol. The van der Waals surface area contributed by atoms with Crippen LogP contribution in [0.25, 0.3) is 0 Å². The lowest BCUT2D eigenvalue weighted by molar-refractivity contribution is -0.120. The van der Waals surface area contributed by atoms with Gasteiger partial charge in [0.2, 0.25) is 5.91 Å². The van der Waals surface area contributed by atoms with E-state index < -0.39 is 0 Å². The normalized spacial score (nSPS) is 23.3. The highest BCUT2D eigenvalue weighted by Gasteiger charge is 2.23. The van der Waals surface area contributed by atoms with Crippen LogP contribution >= 0.6 is 0 Å². The maximum absolute atomic E-state index is 11.4. The molecular weight excluding hydrogens is 202 g/mol. The molecule has 2 N–H and O–H groups in total. The van der Waals surface area contributed by atoms with Crippen LogP contribution in [0.5, 0.6) is 0 Å². The highest BCUT2D eigenvalue weighted by Crippen LogP contribution is 2.18. The molecular formula is C12H23N3O. The fourth-order valence-electron chi connectivity index (χ4n) is 2.19. The minimum Gasteiger partial charge on any atom is -0.352 e. The van der Waals surface area contributed by atoms with Crippen molar-refractivity contribution in [2.45, 2.75) is 44.7 Å². The lowest BCUT2D eigenvalue weighted by Crippen LogP contribution is -2.43. The zero-order valence-corrected chi connectivity index (χ0v) is 10.2. The summed E-state index contributed by atoms with van der Waals surface area (Å²) in [4.78, 5) is 13.9. The molecule has 1 saturated carbocycles. The molecule has 4 heteroatoms. The number of carbonyl (C=O) groups excluding carboxylic acids is 1. The first kappa shape index (κ1) is 11.9. The summed E-state index contributed by atoms with van der Waals surface area (Å²) >= 11 is 0. The molecule has 2 rings (SSSR count). The molecule has 0 aromatic heterocycles. The van der Waals surface area contributed by atoms with E-state index in [1.165, 1.54) is 25.9 Å². The van der Waals surface area contributed by atoms with Crippen LogP contribution < -0.4 is 10.6 Å². The van der Waals surface area contributed by atoms with E-state index in [1.54, 1.807) is 0 Å². The van der Waals surface area contributed by atoms with Gasteiger partial charge in [0, 0.05) is 18.6 Å². The van der Waals surface area contributed by atoms with Gasteiger partial charge in [-0.3, -0.25) is 4.79 Å². The fourth-order valence-corrected chi connectivity index (χ4v) is 2.19. The van der Waals surface area contributed by atoms with Gasteiger partial charge in [0.15, 0.2) is 0 Å². The number of nitrogens with zero attached hydrogens (tertiary/aromatic N) is 1. The number of nitrogens with one attached hydrogen (secondary N) is 2. The van der Waals surface area contributed by atoms with Crippen LogP contribution in [0, 0.1) is 0 Å². The molecule has 2 aliphatic rings. The quantitative estimate of drug-likeness (QED) is 0.685. The van der Waals surface area contributed by atoms with Gasteiger partial charge in [-0.25, -0.2) is 0 Å². The number of likely N-dealkylation sites (tertiary alicyclic amines) is 1. The largest absolute Gasteiger partial charge is 0.352 e. The Bertz CT molecular complexity index is 234. The van der Waals surface area contributed by atoms with Crippen molar-refractivity contribution in [3.63, 3.8) is 0 Å². The lowest BCUT2D eigenvalue weighted by Gasteiger charge is -2.21. The molecule has 0 bridgehead atoms. The molecule has 1 aliphatic carbocycles. The van der Waals surface area contributed by atoms with E-state index in [2.05, 4.69) is 22.5 Å². The van der Waals surface area contributed by atoms with E-state index in [1.807, 2.05) is 0 Å². The SMILES string of the molecule is CC(CN1CCCC1)NCC(=O)NC1CC1. The summed E-state index contributed by atoms with van der Waals surface area (Å²) in [6, 6.07) is 0.881. The summed E-state index contributed by atoms with van der Waals surface area (Å²) < 4.78 is 0. The Morgan fingerprint density at radius 2 is 2.06 bits per heavy atom. The molecule has 0 aromatic carbocycles. The first-order valence-electron chi connectivity index (χ1n) is 6.49. The van der Waals surface area contributed by atoms with Crippen molar-refractivity contribution in [3.05, 3.63) is 0 Å². The standard InChI is InChI=1S/C12H23N3O/c1-10(9-15-6-2-3-7-15)13-8-12(16)14-11-4-5-11/h10-11,13H,2-9H2,1H3,(H,14,16). The van der Waals surface area contributed by atoms with E-state index in [4.69, 9.17) is 0 Å². The van der Waals surface area contributed by atoms with Crippen LogP contribution in [0.15, 0.2) is 0 Å². The third-order valence-corrected chi connectivity index (χ3v) is 3.28. The lowest BCUT2D eigenvalue weighted by atomic mass is 10.3. The zero-order chi connectivity index (χ0) is 11.4. The molecule has 1 amide bonds. The van der Waals surface area contributed by atoms with Gasteiger partial charge in [0.05, 0.1) is 6.54 Å². The summed E-state index contributed by atoms with van der Waals surface area (Å²) in [5, 5.41) is 6.28. The summed E-state index contributed by atoms with van der Waals surface area (Å²) in [5.41, 5.74) is 0. The third-order valence-electron chi connectivity index (χ3n) is 3.28. The van der Waals surface area contributed by atoms with Crippen molar-refractivity contribution >= 4 is 5.91 Å². The minimum atomic E-state index is 0.149. The van der Waals surface area contributed by atoms with Gasteiger partial charge in [0.25, 0.3) is 0 Å². The first-order chi connectivity index (χ1) is 7.74. The van der Waals surface area contributed by atoms with Crippen LogP contribution in [0.3, 0.4) is 0 Å². The van der Waals surface area contributed by atoms with E-state index in [9.17, 15) is 4.79 Å². The molecule has 0 radical (unpaired) electrons. The van der Waals surface area contributed by atoms with Crippen molar-refractivity contribution in [3.8, 4) is 0 Å². The predicted octanol–water partition coefficient (Wildman–Crippen LogP) is 0.339. The van der Waals surface area contributed by atoms with Crippen LogP contribution in [0.1, 0.15) is 32.6 Å². The Balaban J connectivity index is 1.55. The second-order valence-corrected chi connectivity index (χ2v) is 5.13. The molecule has 92 valence electrons. The fraction of sp³-hybridized carbons (Fsp3) is 0.917. The van der Waals surface area contributed by atoms with Crippen molar-refractivity contribution in [1.82, 2.24) is 15.5 Å². The summed E-state index contributed by atoms with van der Waals surface area (Å²) in [6.07, 6.45) is 4.98. The van der Waals surface area contributed by atoms with E-state index in [-0.39, 0.29) is 5.91 Å². The van der Waals surface area contributed by atoms with Crippen molar-refractivity contribution in [2.24, 2.45) is 0 Å². The van der Waals surface area contributed by atoms with E-state index in [0.717, 1.165) is 19.4 Å². The van der Waals surface area contributed by atoms with Gasteiger partial charge >= 0.3 is 0 Å². The van der Waals surface area contributed by atoms with Crippen LogP contribution in [0.4, 0.5) is 0 Å². The van der Waals surface area contributed by atoms with E-state index >= 15 is 0 Å². The molecule has 0 spiro atoms. The summed E-state index contributed by atoms with van der Waals surface area (Å²) in [5.74, 6) is 0.149. The predicted molar refractivity (Wildman–Crippen MR) is 64.3 cm³/mol. The maximum atomic E-state index is 11.4. The van der Waals surface area contributed by atoms with Crippen LogP contribution in [-0.2, 0) is 4.79 Å². The van der Waals surface area contributed by atoms with Crippen LogP contribution in [0.2, 0.25) is 0 Å². The molecule has 1 aliphatic heterocycles. The Labute approximate surface area is 97.8 Å². The van der Waals surface area contributed by atoms with E-state index in [0.29, 0.717) is 18.6 Å². The Kier molecular flexibility index (Phi) is 4.18. The summed E-state index contributed by atoms with van der Waals surface area (Å²) in [6.45, 7) is 6.13. The average molecular weight is 225 g/mol. The van der Waals surface area contributed by atoms with Gasteiger partial charge in [0.1, 0.15) is 0 Å². The van der Waals surface area contributed by atoms with Gasteiger partial charge in [-0.05, 0) is 45.7 Å². The maximum Gasteiger partial charge on any atom is 0.234 e. The molecule has 1 saturated heterocycles. The van der Waals surface area contributed by atoms with Gasteiger partial charge in [-0.1, -0.05) is 0 Å². The minimum absolute atomic E-state index is 0.149. The number of rotatable bonds is 6. The molecule has 4 nitrogen and oxygen atoms in total. The van der Waals surface area contributed by atoms with Gasteiger partial charge < -0.3 is 15.5 Å². The van der Waals surface area contributed by atoms with Crippen molar-refractivity contribution in [1.29, 1.82) is 0 Å². The Hall–Kier alpha value is -0.610. The molecule has 2 fully saturated rings. The smallest absolute Gasteiger partial charge is 0.234 e. The van der Waals surface area contributed by atoms with Gasteiger partial charge in [-0.15, -0.1) is 0 Å². The Morgan fingerprint density at radius 1 is 1.38 bits per heavy atom. The second kappa shape index (κ2) is 5.64. The number of hydrogen-bond donors (Lipinski definition) is 2. The van der Waals surface area contributed by atoms with Crippen molar-refractivity contribution in [2.75, 3.05) is 26.2 Å².